The molecule has 0 bridgehead atoms. The van der Waals surface area contributed by atoms with E-state index in [4.69, 9.17) is 9.47 Å². The van der Waals surface area contributed by atoms with Crippen molar-refractivity contribution in [3.63, 3.8) is 0 Å². The van der Waals surface area contributed by atoms with E-state index >= 15 is 0 Å². The molecule has 2 rings (SSSR count). The van der Waals surface area contributed by atoms with E-state index in [9.17, 15) is 4.79 Å². The first-order chi connectivity index (χ1) is 12.4. The maximum Gasteiger partial charge on any atom is 0.261 e. The third kappa shape index (κ3) is 5.25. The van der Waals surface area contributed by atoms with E-state index in [0.717, 1.165) is 28.2 Å². The first kappa shape index (κ1) is 19.8. The topological polar surface area (TPSA) is 47.6 Å². The van der Waals surface area contributed by atoms with E-state index in [1.807, 2.05) is 44.2 Å². The van der Waals surface area contributed by atoms with Gasteiger partial charge in [-0.25, -0.2) is 0 Å². The molecule has 0 aliphatic carbocycles. The maximum absolute atomic E-state index is 12.5. The highest BCUT2D eigenvalue weighted by Crippen LogP contribution is 2.28. The van der Waals surface area contributed by atoms with Crippen LogP contribution >= 0.6 is 0 Å². The Balaban J connectivity index is 2.02. The second-order valence-corrected chi connectivity index (χ2v) is 6.71. The number of aryl methyl sites for hydroxylation is 1. The van der Waals surface area contributed by atoms with Gasteiger partial charge in [0.05, 0.1) is 6.61 Å². The smallest absolute Gasteiger partial charge is 0.261 e. The molecule has 0 aliphatic heterocycles. The number of ether oxygens (including phenoxy) is 2. The molecule has 1 amide bonds. The van der Waals surface area contributed by atoms with Crippen LogP contribution < -0.4 is 14.8 Å². The molecule has 4 heteroatoms. The normalized spacial score (nSPS) is 11.9. The van der Waals surface area contributed by atoms with Crippen molar-refractivity contribution in [2.75, 3.05) is 6.61 Å². The minimum absolute atomic E-state index is 0.146. The van der Waals surface area contributed by atoms with Gasteiger partial charge in [0.2, 0.25) is 0 Å². The molecule has 1 unspecified atom stereocenters. The minimum atomic E-state index is -0.575. The predicted molar refractivity (Wildman–Crippen MR) is 105 cm³/mol. The van der Waals surface area contributed by atoms with Crippen molar-refractivity contribution < 1.29 is 14.3 Å². The highest BCUT2D eigenvalue weighted by Gasteiger charge is 2.18. The average Bonchev–Trinajstić information content (AvgIpc) is 2.60. The molecule has 2 aromatic carbocycles. The molecule has 0 saturated heterocycles. The molecule has 2 aromatic rings. The number of carbonyl (C=O) groups excluding carboxylic acids is 1. The van der Waals surface area contributed by atoms with Gasteiger partial charge in [-0.05, 0) is 49.9 Å². The Morgan fingerprint density at radius 2 is 1.81 bits per heavy atom. The van der Waals surface area contributed by atoms with Gasteiger partial charge >= 0.3 is 0 Å². The van der Waals surface area contributed by atoms with Crippen LogP contribution in [0.5, 0.6) is 11.5 Å². The Bertz CT molecular complexity index is 740. The molecule has 0 spiro atoms. The van der Waals surface area contributed by atoms with Gasteiger partial charge in [-0.3, -0.25) is 4.79 Å². The zero-order valence-corrected chi connectivity index (χ0v) is 16.3. The van der Waals surface area contributed by atoms with Gasteiger partial charge in [-0.2, -0.15) is 0 Å². The lowest BCUT2D eigenvalue weighted by molar-refractivity contribution is -0.127. The lowest BCUT2D eigenvalue weighted by atomic mass is 10.0. The van der Waals surface area contributed by atoms with Crippen molar-refractivity contribution >= 4 is 5.91 Å². The Morgan fingerprint density at radius 1 is 1.08 bits per heavy atom. The van der Waals surface area contributed by atoms with Crippen LogP contribution in [0.15, 0.2) is 42.5 Å². The van der Waals surface area contributed by atoms with Gasteiger partial charge in [0, 0.05) is 12.1 Å². The summed E-state index contributed by atoms with van der Waals surface area (Å²) in [6, 6.07) is 13.8. The van der Waals surface area contributed by atoms with Crippen LogP contribution in [0.3, 0.4) is 0 Å². The Hall–Kier alpha value is -2.49. The molecule has 0 fully saturated rings. The first-order valence-corrected chi connectivity index (χ1v) is 9.18. The monoisotopic (exact) mass is 355 g/mol. The third-order valence-electron chi connectivity index (χ3n) is 4.19. The Labute approximate surface area is 156 Å². The van der Waals surface area contributed by atoms with Gasteiger partial charge in [0.1, 0.15) is 11.5 Å². The van der Waals surface area contributed by atoms with Crippen LogP contribution in [0.1, 0.15) is 50.3 Å². The largest absolute Gasteiger partial charge is 0.494 e. The van der Waals surface area contributed by atoms with E-state index in [-0.39, 0.29) is 5.91 Å². The van der Waals surface area contributed by atoms with Crippen molar-refractivity contribution in [2.45, 2.75) is 53.2 Å². The molecular formula is C22H29NO3. The van der Waals surface area contributed by atoms with E-state index in [2.05, 4.69) is 31.3 Å². The molecule has 0 aliphatic rings. The molecule has 1 atom stereocenters. The van der Waals surface area contributed by atoms with Gasteiger partial charge in [-0.15, -0.1) is 0 Å². The first-order valence-electron chi connectivity index (χ1n) is 9.18. The average molecular weight is 355 g/mol. The van der Waals surface area contributed by atoms with E-state index in [1.54, 1.807) is 6.92 Å². The Morgan fingerprint density at radius 3 is 2.50 bits per heavy atom. The van der Waals surface area contributed by atoms with Gasteiger partial charge in [0.25, 0.3) is 5.91 Å². The van der Waals surface area contributed by atoms with Crippen LogP contribution in [-0.2, 0) is 11.3 Å². The summed E-state index contributed by atoms with van der Waals surface area (Å²) in [4.78, 5) is 12.5. The summed E-state index contributed by atoms with van der Waals surface area (Å²) in [7, 11) is 0. The van der Waals surface area contributed by atoms with Gasteiger partial charge in [0.15, 0.2) is 6.10 Å². The van der Waals surface area contributed by atoms with Crippen LogP contribution in [0.4, 0.5) is 0 Å². The number of amides is 1. The molecular weight excluding hydrogens is 326 g/mol. The van der Waals surface area contributed by atoms with Crippen molar-refractivity contribution in [1.29, 1.82) is 0 Å². The van der Waals surface area contributed by atoms with E-state index < -0.39 is 6.10 Å². The summed E-state index contributed by atoms with van der Waals surface area (Å²) >= 11 is 0. The molecule has 4 nitrogen and oxygen atoms in total. The third-order valence-corrected chi connectivity index (χ3v) is 4.19. The zero-order valence-electron chi connectivity index (χ0n) is 16.3. The van der Waals surface area contributed by atoms with E-state index in [1.165, 1.54) is 0 Å². The quantitative estimate of drug-likeness (QED) is 0.753. The number of nitrogens with one attached hydrogen (secondary N) is 1. The predicted octanol–water partition coefficient (Wildman–Crippen LogP) is 4.60. The zero-order chi connectivity index (χ0) is 19.1. The fourth-order valence-corrected chi connectivity index (χ4v) is 2.74. The lowest BCUT2D eigenvalue weighted by Crippen LogP contribution is -2.36. The number of hydrogen-bond acceptors (Lipinski definition) is 3. The minimum Gasteiger partial charge on any atom is -0.494 e. The molecule has 140 valence electrons. The van der Waals surface area contributed by atoms with Crippen LogP contribution in [0, 0.1) is 6.92 Å². The summed E-state index contributed by atoms with van der Waals surface area (Å²) in [6.07, 6.45) is -0.575. The molecule has 0 aromatic heterocycles. The van der Waals surface area contributed by atoms with Crippen molar-refractivity contribution in [3.05, 3.63) is 59.2 Å². The van der Waals surface area contributed by atoms with Crippen LogP contribution in [0.25, 0.3) is 0 Å². The van der Waals surface area contributed by atoms with Crippen molar-refractivity contribution in [2.24, 2.45) is 0 Å². The van der Waals surface area contributed by atoms with Crippen LogP contribution in [-0.4, -0.2) is 18.6 Å². The number of rotatable bonds is 8. The SMILES string of the molecule is CCOc1ccccc1CNC(=O)C(C)Oc1cc(C)ccc1C(C)C. The van der Waals surface area contributed by atoms with Crippen LogP contribution in [0.2, 0.25) is 0 Å². The molecule has 0 radical (unpaired) electrons. The highest BCUT2D eigenvalue weighted by molar-refractivity contribution is 5.80. The summed E-state index contributed by atoms with van der Waals surface area (Å²) in [5, 5.41) is 2.94. The molecule has 0 heterocycles. The molecule has 0 saturated carbocycles. The standard InChI is InChI=1S/C22H29NO3/c1-6-25-20-10-8-7-9-18(20)14-23-22(24)17(5)26-21-13-16(4)11-12-19(21)15(2)3/h7-13,15,17H,6,14H2,1-5H3,(H,23,24). The molecule has 1 N–H and O–H groups in total. The van der Waals surface area contributed by atoms with Gasteiger partial charge < -0.3 is 14.8 Å². The highest BCUT2D eigenvalue weighted by atomic mass is 16.5. The summed E-state index contributed by atoms with van der Waals surface area (Å²) in [6.45, 7) is 11.0. The summed E-state index contributed by atoms with van der Waals surface area (Å²) in [5.74, 6) is 1.76. The summed E-state index contributed by atoms with van der Waals surface area (Å²) < 4.78 is 11.6. The fraction of sp³-hybridized carbons (Fsp3) is 0.409. The maximum atomic E-state index is 12.5. The second kappa shape index (κ2) is 9.27. The number of hydrogen-bond donors (Lipinski definition) is 1. The molecule has 26 heavy (non-hydrogen) atoms. The van der Waals surface area contributed by atoms with E-state index in [0.29, 0.717) is 19.1 Å². The Kier molecular flexibility index (Phi) is 7.07. The van der Waals surface area contributed by atoms with Crippen molar-refractivity contribution in [3.8, 4) is 11.5 Å². The number of benzene rings is 2. The van der Waals surface area contributed by atoms with Crippen molar-refractivity contribution in [1.82, 2.24) is 5.32 Å². The lowest BCUT2D eigenvalue weighted by Gasteiger charge is -2.19. The summed E-state index contributed by atoms with van der Waals surface area (Å²) in [5.41, 5.74) is 3.17. The van der Waals surface area contributed by atoms with Gasteiger partial charge in [-0.1, -0.05) is 44.2 Å². The second-order valence-electron chi connectivity index (χ2n) is 6.71. The number of para-hydroxylation sites is 1. The fourth-order valence-electron chi connectivity index (χ4n) is 2.74. The number of carbonyl (C=O) groups is 1.